The second-order valence-electron chi connectivity index (χ2n) is 21.4. The number of phenols is 1. The Hall–Kier alpha value is -6.02. The number of para-hydroxylation sites is 1. The van der Waals surface area contributed by atoms with Gasteiger partial charge in [0, 0.05) is 86.7 Å². The van der Waals surface area contributed by atoms with Gasteiger partial charge in [0.15, 0.2) is 5.82 Å². The molecule has 17 heteroatoms. The molecule has 16 nitrogen and oxygen atoms in total. The average Bonchev–Trinajstić information content (AvgIpc) is 3.78. The van der Waals surface area contributed by atoms with Crippen LogP contribution in [0.4, 0.5) is 17.5 Å². The molecule has 2 saturated carbocycles. The van der Waals surface area contributed by atoms with Crippen molar-refractivity contribution in [2.45, 2.75) is 109 Å². The Morgan fingerprint density at radius 1 is 0.887 bits per heavy atom. The number of aliphatic hydroxyl groups excluding tert-OH is 1. The molecule has 5 aliphatic rings. The van der Waals surface area contributed by atoms with Gasteiger partial charge in [-0.25, -0.2) is 9.97 Å². The number of piperidine rings is 1. The number of carbonyl (C=O) groups is 3. The molecule has 3 aliphatic heterocycles. The Kier molecular flexibility index (Phi) is 15.0. The lowest BCUT2D eigenvalue weighted by Gasteiger charge is -2.55. The van der Waals surface area contributed by atoms with Gasteiger partial charge in [-0.05, 0) is 129 Å². The van der Waals surface area contributed by atoms with Gasteiger partial charge < -0.3 is 45.8 Å². The first-order valence-corrected chi connectivity index (χ1v) is 25.8. The van der Waals surface area contributed by atoms with E-state index < -0.39 is 23.6 Å². The second kappa shape index (κ2) is 21.4. The summed E-state index contributed by atoms with van der Waals surface area (Å²) >= 11 is 5.97. The molecular weight excluding hydrogens is 918 g/mol. The van der Waals surface area contributed by atoms with Crippen LogP contribution in [0.25, 0.3) is 11.3 Å². The minimum atomic E-state index is -0.859. The largest absolute Gasteiger partial charge is 0.507 e. The number of nitrogens with one attached hydrogen (secondary N) is 3. The molecule has 3 amide bonds. The van der Waals surface area contributed by atoms with E-state index in [2.05, 4.69) is 52.7 Å². The molecule has 71 heavy (non-hydrogen) atoms. The number of carbonyl (C=O) groups excluding carboxylic acids is 3. The van der Waals surface area contributed by atoms with E-state index in [0.29, 0.717) is 34.1 Å². The van der Waals surface area contributed by atoms with Crippen molar-refractivity contribution >= 4 is 46.8 Å². The summed E-state index contributed by atoms with van der Waals surface area (Å²) in [5.74, 6) is 6.98. The van der Waals surface area contributed by atoms with Crippen molar-refractivity contribution in [3.05, 3.63) is 83.1 Å². The number of hydrogen-bond donors (Lipinski definition) is 5. The zero-order valence-electron chi connectivity index (χ0n) is 41.4. The highest BCUT2D eigenvalue weighted by molar-refractivity contribution is 6.30. The summed E-state index contributed by atoms with van der Waals surface area (Å²) in [7, 11) is 1.84. The van der Waals surface area contributed by atoms with E-state index in [4.69, 9.17) is 21.6 Å². The summed E-state index contributed by atoms with van der Waals surface area (Å²) in [6, 6.07) is 15.1. The Balaban J connectivity index is 0.707. The number of nitrogens with zero attached hydrogens (tertiary/aromatic N) is 8. The summed E-state index contributed by atoms with van der Waals surface area (Å²) in [6.07, 6.45) is 11.4. The van der Waals surface area contributed by atoms with Crippen LogP contribution in [0.1, 0.15) is 95.6 Å². The molecule has 0 unspecified atom stereocenters. The van der Waals surface area contributed by atoms with E-state index in [0.717, 1.165) is 95.0 Å². The van der Waals surface area contributed by atoms with Gasteiger partial charge in [-0.1, -0.05) is 56.3 Å². The molecule has 3 saturated heterocycles. The highest BCUT2D eigenvalue weighted by atomic mass is 35.5. The standard InChI is InChI=1S/C54H68ClN11O5/c1-53(2,3)47(51(71)66-34-41(67)28-45(66)50(70)57-21-7-8-35-11-13-39(55)14-12-35)60-49(69)37-15-19-54(20-16-37)30-40(31-54)63-22-17-36(18-23-63)38-32-58-52(59-33-38)65-26-24-64(25-27-65)44-29-43(61-62-48(44)56-4)42-9-5-6-10-46(42)68/h5-6,9-14,29,32-33,36-37,40-41,45,47,67-68H,15-28,30-31,34H2,1-4H3,(H,56,62)(H,57,70)(H,60,69)/t37-,40-,41-,45+,47-,54?/m1/s1. The van der Waals surface area contributed by atoms with Crippen molar-refractivity contribution in [1.29, 1.82) is 0 Å². The van der Waals surface area contributed by atoms with Gasteiger partial charge in [0.2, 0.25) is 23.7 Å². The highest BCUT2D eigenvalue weighted by Crippen LogP contribution is 2.55. The highest BCUT2D eigenvalue weighted by Gasteiger charge is 2.50. The van der Waals surface area contributed by atoms with Gasteiger partial charge in [-0.3, -0.25) is 14.4 Å². The molecule has 2 aromatic carbocycles. The zero-order valence-corrected chi connectivity index (χ0v) is 42.2. The number of likely N-dealkylation sites (tertiary alicyclic amines) is 2. The Labute approximate surface area is 422 Å². The van der Waals surface area contributed by atoms with Gasteiger partial charge >= 0.3 is 0 Å². The maximum atomic E-state index is 14.2. The van der Waals surface area contributed by atoms with E-state index in [9.17, 15) is 24.6 Å². The molecule has 2 aromatic heterocycles. The van der Waals surface area contributed by atoms with Crippen molar-refractivity contribution in [1.82, 2.24) is 40.6 Å². The number of amides is 3. The van der Waals surface area contributed by atoms with E-state index in [1.54, 1.807) is 36.4 Å². The lowest BCUT2D eigenvalue weighted by molar-refractivity contribution is -0.145. The number of rotatable bonds is 11. The van der Waals surface area contributed by atoms with Crippen LogP contribution < -0.4 is 25.8 Å². The third-order valence-corrected chi connectivity index (χ3v) is 16.0. The van der Waals surface area contributed by atoms with Crippen molar-refractivity contribution < 1.29 is 24.6 Å². The van der Waals surface area contributed by atoms with Gasteiger partial charge in [0.1, 0.15) is 17.8 Å². The number of benzene rings is 2. The maximum Gasteiger partial charge on any atom is 0.246 e. The molecule has 5 N–H and O–H groups in total. The van der Waals surface area contributed by atoms with Crippen LogP contribution in [0.5, 0.6) is 5.75 Å². The Morgan fingerprint density at radius 2 is 1.56 bits per heavy atom. The van der Waals surface area contributed by atoms with Crippen LogP contribution in [0.3, 0.4) is 0 Å². The van der Waals surface area contributed by atoms with Crippen LogP contribution >= 0.6 is 11.6 Å². The maximum absolute atomic E-state index is 14.2. The molecule has 1 spiro atoms. The lowest BCUT2D eigenvalue weighted by Crippen LogP contribution is -2.59. The molecule has 5 fully saturated rings. The first-order valence-electron chi connectivity index (χ1n) is 25.4. The third kappa shape index (κ3) is 11.4. The monoisotopic (exact) mass is 986 g/mol. The van der Waals surface area contributed by atoms with Crippen LogP contribution in [0.15, 0.2) is 67.0 Å². The quantitative estimate of drug-likeness (QED) is 0.113. The molecular formula is C54H68ClN11O5. The van der Waals surface area contributed by atoms with Crippen LogP contribution in [-0.2, 0) is 14.4 Å². The third-order valence-electron chi connectivity index (χ3n) is 15.7. The smallest absolute Gasteiger partial charge is 0.246 e. The fourth-order valence-corrected chi connectivity index (χ4v) is 11.6. The summed E-state index contributed by atoms with van der Waals surface area (Å²) in [5, 5.41) is 39.5. The molecule has 3 atom stereocenters. The molecule has 2 aliphatic carbocycles. The van der Waals surface area contributed by atoms with Gasteiger partial charge in [0.05, 0.1) is 24.0 Å². The van der Waals surface area contributed by atoms with Crippen LogP contribution in [0, 0.1) is 28.6 Å². The number of β-amino-alcohol motifs (C(OH)–C–C–N with tert-alkyl or cyclic N) is 1. The molecule has 4 aromatic rings. The average molecular weight is 987 g/mol. The fraction of sp³-hybridized carbons (Fsp3) is 0.537. The lowest BCUT2D eigenvalue weighted by atomic mass is 9.56. The number of hydrogen-bond acceptors (Lipinski definition) is 13. The van der Waals surface area contributed by atoms with Crippen molar-refractivity contribution in [2.24, 2.45) is 16.7 Å². The summed E-state index contributed by atoms with van der Waals surface area (Å²) in [4.78, 5) is 59.8. The normalized spacial score (nSPS) is 24.4. The summed E-state index contributed by atoms with van der Waals surface area (Å²) < 4.78 is 0. The number of piperazine rings is 1. The minimum Gasteiger partial charge on any atom is -0.507 e. The van der Waals surface area contributed by atoms with Gasteiger partial charge in [-0.15, -0.1) is 10.2 Å². The Bertz CT molecular complexity index is 2580. The number of aromatic nitrogens is 4. The number of anilines is 3. The topological polar surface area (TPSA) is 192 Å². The van der Waals surface area contributed by atoms with Crippen molar-refractivity contribution in [2.75, 3.05) is 74.5 Å². The van der Waals surface area contributed by atoms with Crippen molar-refractivity contribution in [3.63, 3.8) is 0 Å². The SMILES string of the molecule is CNc1nnc(-c2ccccc2O)cc1N1CCN(c2ncc(C3CCN([C@H]4CC5(CC[C@H](C(=O)N[C@H](C(=O)N6C[C@H](O)C[C@H]6C(=O)NCC#Cc6ccc(Cl)cc6)C(C)(C)C)CC5)C4)CC3)cn2)CC1. The summed E-state index contributed by atoms with van der Waals surface area (Å²) in [6.45, 7) is 11.1. The Morgan fingerprint density at radius 3 is 2.23 bits per heavy atom. The molecule has 9 rings (SSSR count). The van der Waals surface area contributed by atoms with Crippen molar-refractivity contribution in [3.8, 4) is 28.8 Å². The minimum absolute atomic E-state index is 0.0267. The van der Waals surface area contributed by atoms with E-state index in [1.807, 2.05) is 58.4 Å². The molecule has 0 bridgehead atoms. The van der Waals surface area contributed by atoms with Gasteiger partial charge in [-0.2, -0.15) is 0 Å². The first kappa shape index (κ1) is 49.9. The van der Waals surface area contributed by atoms with E-state index in [-0.39, 0.29) is 54.3 Å². The summed E-state index contributed by atoms with van der Waals surface area (Å²) in [5.41, 5.74) is 3.85. The fourth-order valence-electron chi connectivity index (χ4n) is 11.5. The number of aromatic hydroxyl groups is 1. The number of aliphatic hydroxyl groups is 1. The predicted octanol–water partition coefficient (Wildman–Crippen LogP) is 5.84. The van der Waals surface area contributed by atoms with Crippen LogP contribution in [0.2, 0.25) is 5.02 Å². The molecule has 0 radical (unpaired) electrons. The molecule has 5 heterocycles. The van der Waals surface area contributed by atoms with Gasteiger partial charge in [0.25, 0.3) is 0 Å². The molecule has 376 valence electrons. The van der Waals surface area contributed by atoms with E-state index >= 15 is 0 Å². The predicted molar refractivity (Wildman–Crippen MR) is 275 cm³/mol. The first-order chi connectivity index (χ1) is 34.2. The van der Waals surface area contributed by atoms with Crippen LogP contribution in [-0.4, -0.2) is 142 Å². The zero-order chi connectivity index (χ0) is 49.9. The number of halogens is 1. The van der Waals surface area contributed by atoms with E-state index in [1.165, 1.54) is 23.3 Å². The number of phenolic OH excluding ortho intramolecular Hbond substituents is 1. The second-order valence-corrected chi connectivity index (χ2v) is 21.8.